The molecule has 0 saturated carbocycles. The van der Waals surface area contributed by atoms with Gasteiger partial charge in [0.15, 0.2) is 0 Å². The van der Waals surface area contributed by atoms with Crippen LogP contribution in [0.25, 0.3) is 5.57 Å². The smallest absolute Gasteiger partial charge is 0.265 e. The Morgan fingerprint density at radius 2 is 1.96 bits per heavy atom. The number of hydrogen-bond donors (Lipinski definition) is 0. The second-order valence-corrected chi connectivity index (χ2v) is 5.09. The summed E-state index contributed by atoms with van der Waals surface area (Å²) >= 11 is 0. The van der Waals surface area contributed by atoms with Crippen LogP contribution in [0.15, 0.2) is 54.7 Å². The van der Waals surface area contributed by atoms with Crippen LogP contribution in [0.1, 0.15) is 11.1 Å². The number of ether oxygens (including phenoxy) is 1. The number of methoxy groups -OCH3 is 1. The third kappa shape index (κ3) is 2.78. The molecular weight excluding hydrogens is 296 g/mol. The molecule has 0 bridgehead atoms. The Labute approximate surface area is 132 Å². The zero-order valence-corrected chi connectivity index (χ0v) is 12.4. The van der Waals surface area contributed by atoms with Gasteiger partial charge < -0.3 is 9.64 Å². The van der Waals surface area contributed by atoms with E-state index in [4.69, 9.17) is 4.74 Å². The highest BCUT2D eigenvalue weighted by Gasteiger charge is 2.35. The molecule has 1 amide bonds. The van der Waals surface area contributed by atoms with Crippen LogP contribution < -0.4 is 9.64 Å². The highest BCUT2D eigenvalue weighted by molar-refractivity contribution is 6.32. The topological polar surface area (TPSA) is 72.7 Å². The van der Waals surface area contributed by atoms with Crippen LogP contribution >= 0.6 is 0 Å². The molecule has 3 rings (SSSR count). The van der Waals surface area contributed by atoms with Crippen molar-refractivity contribution in [3.8, 4) is 5.75 Å². The van der Waals surface area contributed by atoms with Gasteiger partial charge in [-0.3, -0.25) is 14.9 Å². The molecule has 6 heteroatoms. The van der Waals surface area contributed by atoms with E-state index in [0.717, 1.165) is 11.8 Å². The molecule has 0 atom stereocenters. The molecule has 0 aromatic heterocycles. The summed E-state index contributed by atoms with van der Waals surface area (Å²) in [5.74, 6) is 0.168. The second-order valence-electron chi connectivity index (χ2n) is 5.09. The predicted molar refractivity (Wildman–Crippen MR) is 85.6 cm³/mol. The van der Waals surface area contributed by atoms with E-state index in [-0.39, 0.29) is 11.5 Å². The van der Waals surface area contributed by atoms with Crippen LogP contribution in [0.3, 0.4) is 0 Å². The van der Waals surface area contributed by atoms with Crippen LogP contribution in [0, 0.1) is 10.1 Å². The first-order valence-corrected chi connectivity index (χ1v) is 6.99. The third-order valence-electron chi connectivity index (χ3n) is 3.68. The number of fused-ring (bicyclic) bond motifs is 1. The van der Waals surface area contributed by atoms with Gasteiger partial charge in [-0.2, -0.15) is 0 Å². The first-order chi connectivity index (χ1) is 11.1. The van der Waals surface area contributed by atoms with E-state index in [1.807, 2.05) is 30.3 Å². The Morgan fingerprint density at radius 3 is 2.61 bits per heavy atom. The number of benzene rings is 2. The Balaban J connectivity index is 2.06. The van der Waals surface area contributed by atoms with Crippen molar-refractivity contribution in [2.45, 2.75) is 6.54 Å². The van der Waals surface area contributed by atoms with Crippen LogP contribution in [-0.4, -0.2) is 17.9 Å². The number of hydrogen-bond acceptors (Lipinski definition) is 4. The van der Waals surface area contributed by atoms with Gasteiger partial charge in [0.2, 0.25) is 6.20 Å². The fourth-order valence-corrected chi connectivity index (χ4v) is 2.62. The predicted octanol–water partition coefficient (Wildman–Crippen LogP) is 2.86. The van der Waals surface area contributed by atoms with Gasteiger partial charge >= 0.3 is 0 Å². The zero-order valence-electron chi connectivity index (χ0n) is 12.4. The standard InChI is InChI=1S/C17H14N2O4/c1-23-13-7-8-16-14(9-13)15(11-19(21)22)17(20)18(16)10-12-5-3-2-4-6-12/h2-9,11H,10H2,1H3/b15-11+. The first-order valence-electron chi connectivity index (χ1n) is 6.99. The Hall–Kier alpha value is -3.15. The average Bonchev–Trinajstić information content (AvgIpc) is 2.80. The highest BCUT2D eigenvalue weighted by Crippen LogP contribution is 2.39. The van der Waals surface area contributed by atoms with Gasteiger partial charge in [-0.15, -0.1) is 0 Å². The number of carbonyl (C=O) groups excluding carboxylic acids is 1. The van der Waals surface area contributed by atoms with Crippen molar-refractivity contribution in [3.05, 3.63) is 76.0 Å². The van der Waals surface area contributed by atoms with E-state index in [0.29, 0.717) is 23.5 Å². The van der Waals surface area contributed by atoms with Crippen molar-refractivity contribution in [1.29, 1.82) is 0 Å². The van der Waals surface area contributed by atoms with Gasteiger partial charge in [0.25, 0.3) is 5.91 Å². The number of nitrogens with zero attached hydrogens (tertiary/aromatic N) is 2. The first kappa shape index (κ1) is 14.8. The minimum absolute atomic E-state index is 0.0693. The number of carbonyl (C=O) groups is 1. The highest BCUT2D eigenvalue weighted by atomic mass is 16.6. The summed E-state index contributed by atoms with van der Waals surface area (Å²) in [6.45, 7) is 0.355. The minimum Gasteiger partial charge on any atom is -0.497 e. The Kier molecular flexibility index (Phi) is 3.80. The van der Waals surface area contributed by atoms with E-state index in [2.05, 4.69) is 0 Å². The normalized spacial score (nSPS) is 14.9. The molecule has 0 unspecified atom stereocenters. The molecule has 0 radical (unpaired) electrons. The van der Waals surface area contributed by atoms with Gasteiger partial charge in [0.1, 0.15) is 11.3 Å². The molecule has 1 aliphatic heterocycles. The SMILES string of the molecule is COc1ccc2c(c1)/C(=C\[N+](=O)[O-])C(=O)N2Cc1ccccc1. The quantitative estimate of drug-likeness (QED) is 0.494. The maximum atomic E-state index is 12.6. The third-order valence-corrected chi connectivity index (χ3v) is 3.68. The molecule has 0 fully saturated rings. The number of rotatable bonds is 4. The fourth-order valence-electron chi connectivity index (χ4n) is 2.62. The monoisotopic (exact) mass is 310 g/mol. The summed E-state index contributed by atoms with van der Waals surface area (Å²) in [5, 5.41) is 10.9. The summed E-state index contributed by atoms with van der Waals surface area (Å²) in [4.78, 5) is 24.4. The number of anilines is 1. The van der Waals surface area contributed by atoms with Gasteiger partial charge in [-0.05, 0) is 23.8 Å². The van der Waals surface area contributed by atoms with Crippen molar-refractivity contribution < 1.29 is 14.5 Å². The lowest BCUT2D eigenvalue weighted by molar-refractivity contribution is -0.401. The molecule has 0 spiro atoms. The lowest BCUT2D eigenvalue weighted by Crippen LogP contribution is -2.25. The van der Waals surface area contributed by atoms with Crippen molar-refractivity contribution in [2.24, 2.45) is 0 Å². The van der Waals surface area contributed by atoms with E-state index < -0.39 is 4.92 Å². The van der Waals surface area contributed by atoms with E-state index in [9.17, 15) is 14.9 Å². The molecule has 6 nitrogen and oxygen atoms in total. The number of nitro groups is 1. The second kappa shape index (κ2) is 5.92. The van der Waals surface area contributed by atoms with Crippen LogP contribution in [-0.2, 0) is 11.3 Å². The molecule has 23 heavy (non-hydrogen) atoms. The molecule has 1 aliphatic rings. The van der Waals surface area contributed by atoms with Crippen molar-refractivity contribution in [3.63, 3.8) is 0 Å². The molecule has 0 aliphatic carbocycles. The van der Waals surface area contributed by atoms with Crippen molar-refractivity contribution >= 4 is 17.2 Å². The zero-order chi connectivity index (χ0) is 16.4. The van der Waals surface area contributed by atoms with Gasteiger partial charge in [0.05, 0.1) is 24.3 Å². The molecule has 116 valence electrons. The van der Waals surface area contributed by atoms with E-state index >= 15 is 0 Å². The molecule has 0 N–H and O–H groups in total. The minimum atomic E-state index is -0.609. The maximum absolute atomic E-state index is 12.6. The maximum Gasteiger partial charge on any atom is 0.265 e. The summed E-state index contributed by atoms with van der Waals surface area (Å²) in [6.07, 6.45) is 0.756. The van der Waals surface area contributed by atoms with Gasteiger partial charge in [-0.25, -0.2) is 0 Å². The van der Waals surface area contributed by atoms with Gasteiger partial charge in [-0.1, -0.05) is 30.3 Å². The average molecular weight is 310 g/mol. The number of amides is 1. The van der Waals surface area contributed by atoms with Crippen LogP contribution in [0.4, 0.5) is 5.69 Å². The van der Waals surface area contributed by atoms with E-state index in [1.165, 1.54) is 7.11 Å². The Morgan fingerprint density at radius 1 is 1.22 bits per heavy atom. The summed E-state index contributed by atoms with van der Waals surface area (Å²) in [6, 6.07) is 14.6. The summed E-state index contributed by atoms with van der Waals surface area (Å²) < 4.78 is 5.15. The van der Waals surface area contributed by atoms with Crippen molar-refractivity contribution in [2.75, 3.05) is 12.0 Å². The lowest BCUT2D eigenvalue weighted by Gasteiger charge is -2.17. The molecule has 1 heterocycles. The van der Waals surface area contributed by atoms with Crippen molar-refractivity contribution in [1.82, 2.24) is 0 Å². The van der Waals surface area contributed by atoms with Crippen LogP contribution in [0.2, 0.25) is 0 Å². The molecule has 2 aromatic rings. The summed E-state index contributed by atoms with van der Waals surface area (Å²) in [7, 11) is 1.51. The fraction of sp³-hybridized carbons (Fsp3) is 0.118. The Bertz CT molecular complexity index is 799. The molecular formula is C17H14N2O4. The van der Waals surface area contributed by atoms with Crippen LogP contribution in [0.5, 0.6) is 5.75 Å². The largest absolute Gasteiger partial charge is 0.497 e. The van der Waals surface area contributed by atoms with Gasteiger partial charge in [0, 0.05) is 5.56 Å². The molecule has 2 aromatic carbocycles. The van der Waals surface area contributed by atoms with E-state index in [1.54, 1.807) is 23.1 Å². The summed E-state index contributed by atoms with van der Waals surface area (Å²) in [5.41, 5.74) is 2.18. The lowest BCUT2D eigenvalue weighted by atomic mass is 10.1. The molecule has 0 saturated heterocycles.